The molecule has 0 unspecified atom stereocenters. The molecule has 2 aromatic rings. The Kier molecular flexibility index (Phi) is 3.88. The molecule has 7 rings (SSSR count). The number of fused-ring (bicyclic) bond motifs is 1. The van der Waals surface area contributed by atoms with Crippen LogP contribution in [-0.2, 0) is 11.8 Å². The lowest BCUT2D eigenvalue weighted by molar-refractivity contribution is -0.00773. The number of hydrogen-bond acceptors (Lipinski definition) is 2. The molecular weight excluding hydrogens is 366 g/mol. The average Bonchev–Trinajstić information content (AvgIpc) is 2.86. The van der Waals surface area contributed by atoms with Crippen molar-refractivity contribution >= 4 is 17.4 Å². The van der Waals surface area contributed by atoms with Crippen molar-refractivity contribution < 1.29 is 0 Å². The van der Waals surface area contributed by atoms with Crippen molar-refractivity contribution in [1.29, 1.82) is 0 Å². The van der Waals surface area contributed by atoms with Gasteiger partial charge in [0, 0.05) is 22.5 Å². The second kappa shape index (κ2) is 6.26. The molecule has 5 aliphatic rings. The highest BCUT2D eigenvalue weighted by Crippen LogP contribution is 2.61. The molecule has 0 radical (unpaired) electrons. The summed E-state index contributed by atoms with van der Waals surface area (Å²) in [7, 11) is 0. The van der Waals surface area contributed by atoms with Crippen LogP contribution in [-0.4, -0.2) is 16.3 Å². The molecule has 4 heteroatoms. The van der Waals surface area contributed by atoms with E-state index in [0.717, 1.165) is 40.6 Å². The van der Waals surface area contributed by atoms with Gasteiger partial charge in [-0.3, -0.25) is 0 Å². The van der Waals surface area contributed by atoms with Crippen molar-refractivity contribution in [1.82, 2.24) is 9.78 Å². The molecule has 148 valence electrons. The van der Waals surface area contributed by atoms with Crippen LogP contribution in [0.15, 0.2) is 18.2 Å². The van der Waals surface area contributed by atoms with Crippen molar-refractivity contribution in [3.63, 3.8) is 0 Å². The van der Waals surface area contributed by atoms with Gasteiger partial charge in [0.25, 0.3) is 0 Å². The van der Waals surface area contributed by atoms with Crippen molar-refractivity contribution in [3.05, 3.63) is 40.0 Å². The lowest BCUT2D eigenvalue weighted by Gasteiger charge is -2.56. The zero-order valence-corrected chi connectivity index (χ0v) is 17.6. The van der Waals surface area contributed by atoms with E-state index < -0.39 is 0 Å². The van der Waals surface area contributed by atoms with Gasteiger partial charge in [-0.05, 0) is 100 Å². The Labute approximate surface area is 172 Å². The summed E-state index contributed by atoms with van der Waals surface area (Å²) in [5.41, 5.74) is 5.55. The lowest BCUT2D eigenvalue weighted by atomic mass is 9.48. The van der Waals surface area contributed by atoms with Gasteiger partial charge in [0.1, 0.15) is 5.82 Å². The fourth-order valence-corrected chi connectivity index (χ4v) is 7.50. The van der Waals surface area contributed by atoms with Gasteiger partial charge in [-0.25, -0.2) is 4.68 Å². The van der Waals surface area contributed by atoms with E-state index in [-0.39, 0.29) is 0 Å². The monoisotopic (exact) mass is 395 g/mol. The van der Waals surface area contributed by atoms with Crippen LogP contribution in [0.5, 0.6) is 0 Å². The SMILES string of the molecule is Cc1c(Cl)cccc1-n1nc(C23CC4CC(CC(C4)C2)C3)c2c1NCCCC2. The van der Waals surface area contributed by atoms with Crippen molar-refractivity contribution in [3.8, 4) is 5.69 Å². The molecule has 1 aliphatic heterocycles. The van der Waals surface area contributed by atoms with Crippen LogP contribution in [0.1, 0.15) is 68.2 Å². The third kappa shape index (κ3) is 2.51. The normalized spacial score (nSPS) is 33.4. The van der Waals surface area contributed by atoms with Crippen LogP contribution in [0.2, 0.25) is 5.02 Å². The first kappa shape index (κ1) is 17.4. The minimum absolute atomic E-state index is 0.336. The van der Waals surface area contributed by atoms with Crippen LogP contribution in [0.3, 0.4) is 0 Å². The molecule has 1 aromatic carbocycles. The van der Waals surface area contributed by atoms with Gasteiger partial charge in [-0.2, -0.15) is 5.10 Å². The molecule has 3 nitrogen and oxygen atoms in total. The van der Waals surface area contributed by atoms with Crippen LogP contribution >= 0.6 is 11.6 Å². The predicted octanol–water partition coefficient (Wildman–Crippen LogP) is 6.05. The van der Waals surface area contributed by atoms with Gasteiger partial charge < -0.3 is 5.32 Å². The summed E-state index contributed by atoms with van der Waals surface area (Å²) < 4.78 is 2.20. The summed E-state index contributed by atoms with van der Waals surface area (Å²) in [6, 6.07) is 6.21. The molecule has 0 atom stereocenters. The topological polar surface area (TPSA) is 29.9 Å². The maximum atomic E-state index is 6.48. The number of halogens is 1. The maximum Gasteiger partial charge on any atom is 0.133 e. The first-order chi connectivity index (χ1) is 13.6. The zero-order valence-electron chi connectivity index (χ0n) is 16.8. The van der Waals surface area contributed by atoms with E-state index in [4.69, 9.17) is 16.7 Å². The van der Waals surface area contributed by atoms with E-state index in [1.54, 1.807) is 0 Å². The molecule has 4 fully saturated rings. The number of nitrogens with zero attached hydrogens (tertiary/aromatic N) is 2. The molecule has 1 N–H and O–H groups in total. The minimum atomic E-state index is 0.336. The Morgan fingerprint density at radius 3 is 2.50 bits per heavy atom. The smallest absolute Gasteiger partial charge is 0.133 e. The van der Waals surface area contributed by atoms with E-state index in [1.807, 2.05) is 6.07 Å². The van der Waals surface area contributed by atoms with Crippen LogP contribution in [0.25, 0.3) is 5.69 Å². The highest BCUT2D eigenvalue weighted by atomic mass is 35.5. The molecule has 4 bridgehead atoms. The summed E-state index contributed by atoms with van der Waals surface area (Å²) in [4.78, 5) is 0. The van der Waals surface area contributed by atoms with Gasteiger partial charge >= 0.3 is 0 Å². The van der Waals surface area contributed by atoms with Gasteiger partial charge in [0.2, 0.25) is 0 Å². The van der Waals surface area contributed by atoms with Crippen molar-refractivity contribution in [2.45, 2.75) is 70.1 Å². The first-order valence-electron chi connectivity index (χ1n) is 11.2. The highest BCUT2D eigenvalue weighted by molar-refractivity contribution is 6.31. The number of benzene rings is 1. The molecule has 28 heavy (non-hydrogen) atoms. The van der Waals surface area contributed by atoms with E-state index in [2.05, 4.69) is 29.1 Å². The van der Waals surface area contributed by atoms with E-state index in [1.165, 1.54) is 74.9 Å². The maximum absolute atomic E-state index is 6.48. The minimum Gasteiger partial charge on any atom is -0.370 e. The number of anilines is 1. The molecular formula is C24H30ClN3. The standard InChI is InChI=1S/C24H30ClN3/c1-15-20(25)6-4-7-21(15)28-23-19(5-2-3-8-26-23)22(27-28)24-12-16-9-17(13-24)11-18(10-16)14-24/h4,6-7,16-18,26H,2-3,5,8-14H2,1H3. The molecule has 0 spiro atoms. The van der Waals surface area contributed by atoms with Gasteiger partial charge in [-0.15, -0.1) is 0 Å². The van der Waals surface area contributed by atoms with E-state index in [9.17, 15) is 0 Å². The number of aromatic nitrogens is 2. The number of rotatable bonds is 2. The molecule has 0 saturated heterocycles. The van der Waals surface area contributed by atoms with Crippen LogP contribution < -0.4 is 5.32 Å². The highest BCUT2D eigenvalue weighted by Gasteiger charge is 2.53. The molecule has 0 amide bonds. The summed E-state index contributed by atoms with van der Waals surface area (Å²) in [5, 5.41) is 9.97. The zero-order chi connectivity index (χ0) is 18.9. The Morgan fingerprint density at radius 2 is 1.79 bits per heavy atom. The molecule has 4 saturated carbocycles. The van der Waals surface area contributed by atoms with Gasteiger partial charge in [-0.1, -0.05) is 17.7 Å². The Hall–Kier alpha value is -1.48. The summed E-state index contributed by atoms with van der Waals surface area (Å²) in [5.74, 6) is 4.07. The Bertz CT molecular complexity index is 893. The van der Waals surface area contributed by atoms with Crippen molar-refractivity contribution in [2.75, 3.05) is 11.9 Å². The Morgan fingerprint density at radius 1 is 1.07 bits per heavy atom. The first-order valence-corrected chi connectivity index (χ1v) is 11.6. The number of nitrogens with one attached hydrogen (secondary N) is 1. The van der Waals surface area contributed by atoms with E-state index in [0.29, 0.717) is 5.41 Å². The quantitative estimate of drug-likeness (QED) is 0.670. The summed E-state index contributed by atoms with van der Waals surface area (Å²) in [6.07, 6.45) is 12.2. The van der Waals surface area contributed by atoms with E-state index >= 15 is 0 Å². The van der Waals surface area contributed by atoms with Gasteiger partial charge in [0.05, 0.1) is 11.4 Å². The predicted molar refractivity (Wildman–Crippen MR) is 115 cm³/mol. The van der Waals surface area contributed by atoms with Crippen LogP contribution in [0.4, 0.5) is 5.82 Å². The Balaban J connectivity index is 1.53. The third-order valence-electron chi connectivity index (χ3n) is 8.14. The fourth-order valence-electron chi connectivity index (χ4n) is 7.33. The summed E-state index contributed by atoms with van der Waals surface area (Å²) >= 11 is 6.48. The largest absolute Gasteiger partial charge is 0.370 e. The fraction of sp³-hybridized carbons (Fsp3) is 0.625. The second-order valence-corrected chi connectivity index (χ2v) is 10.5. The molecule has 1 aromatic heterocycles. The lowest BCUT2D eigenvalue weighted by Crippen LogP contribution is -2.49. The molecule has 2 heterocycles. The number of hydrogen-bond donors (Lipinski definition) is 1. The van der Waals surface area contributed by atoms with Gasteiger partial charge in [0.15, 0.2) is 0 Å². The average molecular weight is 396 g/mol. The third-order valence-corrected chi connectivity index (χ3v) is 8.55. The van der Waals surface area contributed by atoms with Crippen molar-refractivity contribution in [2.24, 2.45) is 17.8 Å². The second-order valence-electron chi connectivity index (χ2n) is 10.1. The van der Waals surface area contributed by atoms with Crippen LogP contribution in [0, 0.1) is 24.7 Å². The molecule has 4 aliphatic carbocycles. The summed E-state index contributed by atoms with van der Waals surface area (Å²) in [6.45, 7) is 3.16.